The average molecular weight is 285 g/mol. The SMILES string of the molecule is c1ccc2c(c1)CC(N1CCN(C3CCCC3)CC1)CN2. The van der Waals surface area contributed by atoms with Gasteiger partial charge in [0.25, 0.3) is 0 Å². The second-order valence-corrected chi connectivity index (χ2v) is 6.91. The van der Waals surface area contributed by atoms with Crippen LogP contribution in [0.1, 0.15) is 31.2 Å². The lowest BCUT2D eigenvalue weighted by atomic mass is 9.98. The predicted octanol–water partition coefficient (Wildman–Crippen LogP) is 2.58. The molecule has 1 N–H and O–H groups in total. The molecule has 0 radical (unpaired) electrons. The van der Waals surface area contributed by atoms with Crippen LogP contribution in [0, 0.1) is 0 Å². The Morgan fingerprint density at radius 1 is 0.857 bits per heavy atom. The molecule has 1 aromatic rings. The summed E-state index contributed by atoms with van der Waals surface area (Å²) in [5.41, 5.74) is 2.84. The monoisotopic (exact) mass is 285 g/mol. The quantitative estimate of drug-likeness (QED) is 0.901. The fraction of sp³-hybridized carbons (Fsp3) is 0.667. The zero-order chi connectivity index (χ0) is 14.1. The number of piperazine rings is 1. The third-order valence-electron chi connectivity index (χ3n) is 5.71. The molecule has 1 aromatic carbocycles. The molecule has 2 heterocycles. The number of hydrogen-bond acceptors (Lipinski definition) is 3. The van der Waals surface area contributed by atoms with Crippen molar-refractivity contribution in [2.45, 2.75) is 44.2 Å². The van der Waals surface area contributed by atoms with Crippen LogP contribution in [0.15, 0.2) is 24.3 Å². The highest BCUT2D eigenvalue weighted by atomic mass is 15.3. The van der Waals surface area contributed by atoms with Crippen molar-refractivity contribution in [2.24, 2.45) is 0 Å². The minimum Gasteiger partial charge on any atom is -0.383 e. The molecule has 1 aliphatic carbocycles. The van der Waals surface area contributed by atoms with Gasteiger partial charge >= 0.3 is 0 Å². The fourth-order valence-electron chi connectivity index (χ4n) is 4.42. The number of fused-ring (bicyclic) bond motifs is 1. The van der Waals surface area contributed by atoms with Crippen LogP contribution in [0.2, 0.25) is 0 Å². The number of benzene rings is 1. The first-order valence-corrected chi connectivity index (χ1v) is 8.70. The summed E-state index contributed by atoms with van der Waals surface area (Å²) in [4.78, 5) is 5.47. The van der Waals surface area contributed by atoms with Crippen LogP contribution in [0.25, 0.3) is 0 Å². The van der Waals surface area contributed by atoms with Gasteiger partial charge in [-0.25, -0.2) is 0 Å². The van der Waals surface area contributed by atoms with Gasteiger partial charge in [0.2, 0.25) is 0 Å². The molecule has 114 valence electrons. The van der Waals surface area contributed by atoms with Gasteiger partial charge in [0, 0.05) is 50.5 Å². The van der Waals surface area contributed by atoms with E-state index >= 15 is 0 Å². The third-order valence-corrected chi connectivity index (χ3v) is 5.71. The molecule has 4 rings (SSSR count). The molecule has 3 nitrogen and oxygen atoms in total. The number of para-hydroxylation sites is 1. The van der Waals surface area contributed by atoms with Gasteiger partial charge in [-0.3, -0.25) is 9.80 Å². The zero-order valence-electron chi connectivity index (χ0n) is 12.9. The van der Waals surface area contributed by atoms with E-state index in [0.717, 1.165) is 12.6 Å². The molecular formula is C18H27N3. The maximum Gasteiger partial charge on any atom is 0.0373 e. The summed E-state index contributed by atoms with van der Waals surface area (Å²) in [5.74, 6) is 0. The number of anilines is 1. The lowest BCUT2D eigenvalue weighted by molar-refractivity contribution is 0.0727. The van der Waals surface area contributed by atoms with E-state index in [1.165, 1.54) is 69.5 Å². The highest BCUT2D eigenvalue weighted by Crippen LogP contribution is 2.27. The molecule has 1 saturated carbocycles. The molecule has 0 amide bonds. The average Bonchev–Trinajstić information content (AvgIpc) is 3.09. The van der Waals surface area contributed by atoms with Crippen LogP contribution in [-0.4, -0.2) is 54.6 Å². The molecule has 0 aromatic heterocycles. The molecule has 1 saturated heterocycles. The minimum atomic E-state index is 0.686. The van der Waals surface area contributed by atoms with E-state index < -0.39 is 0 Å². The molecule has 1 unspecified atom stereocenters. The fourth-order valence-corrected chi connectivity index (χ4v) is 4.42. The summed E-state index contributed by atoms with van der Waals surface area (Å²) in [6.45, 7) is 6.18. The number of nitrogens with zero attached hydrogens (tertiary/aromatic N) is 2. The van der Waals surface area contributed by atoms with E-state index in [-0.39, 0.29) is 0 Å². The van der Waals surface area contributed by atoms with Gasteiger partial charge in [0.15, 0.2) is 0 Å². The lowest BCUT2D eigenvalue weighted by Gasteiger charge is -2.43. The summed E-state index contributed by atoms with van der Waals surface area (Å²) < 4.78 is 0. The highest BCUT2D eigenvalue weighted by molar-refractivity contribution is 5.53. The third kappa shape index (κ3) is 2.82. The van der Waals surface area contributed by atoms with Crippen LogP contribution in [-0.2, 0) is 6.42 Å². The Balaban J connectivity index is 1.34. The summed E-state index contributed by atoms with van der Waals surface area (Å²) in [6.07, 6.45) is 7.01. The van der Waals surface area contributed by atoms with Gasteiger partial charge < -0.3 is 5.32 Å². The standard InChI is InChI=1S/C18H27N3/c1-4-8-18-15(5-1)13-17(14-19-18)21-11-9-20(10-12-21)16-6-2-3-7-16/h1,4-5,8,16-17,19H,2-3,6-7,9-14H2. The van der Waals surface area contributed by atoms with Gasteiger partial charge in [-0.05, 0) is 30.9 Å². The van der Waals surface area contributed by atoms with E-state index in [1.54, 1.807) is 0 Å². The van der Waals surface area contributed by atoms with Gasteiger partial charge in [-0.1, -0.05) is 31.0 Å². The first kappa shape index (κ1) is 13.6. The van der Waals surface area contributed by atoms with Crippen molar-refractivity contribution >= 4 is 5.69 Å². The largest absolute Gasteiger partial charge is 0.383 e. The van der Waals surface area contributed by atoms with Crippen molar-refractivity contribution in [3.05, 3.63) is 29.8 Å². The molecule has 0 bridgehead atoms. The molecule has 0 spiro atoms. The summed E-state index contributed by atoms with van der Waals surface area (Å²) in [5, 5.41) is 3.62. The minimum absolute atomic E-state index is 0.686. The van der Waals surface area contributed by atoms with Crippen LogP contribution < -0.4 is 5.32 Å². The number of nitrogens with one attached hydrogen (secondary N) is 1. The van der Waals surface area contributed by atoms with Gasteiger partial charge in [-0.2, -0.15) is 0 Å². The predicted molar refractivity (Wildman–Crippen MR) is 87.8 cm³/mol. The van der Waals surface area contributed by atoms with Crippen molar-refractivity contribution in [2.75, 3.05) is 38.0 Å². The van der Waals surface area contributed by atoms with E-state index in [4.69, 9.17) is 0 Å². The van der Waals surface area contributed by atoms with Crippen LogP contribution in [0.3, 0.4) is 0 Å². The highest BCUT2D eigenvalue weighted by Gasteiger charge is 2.30. The Hall–Kier alpha value is -1.06. The number of hydrogen-bond donors (Lipinski definition) is 1. The molecule has 3 aliphatic rings. The second-order valence-electron chi connectivity index (χ2n) is 6.91. The van der Waals surface area contributed by atoms with E-state index in [9.17, 15) is 0 Å². The van der Waals surface area contributed by atoms with Crippen LogP contribution in [0.4, 0.5) is 5.69 Å². The van der Waals surface area contributed by atoms with E-state index in [0.29, 0.717) is 6.04 Å². The van der Waals surface area contributed by atoms with Crippen molar-refractivity contribution in [3.63, 3.8) is 0 Å². The molecule has 2 aliphatic heterocycles. The topological polar surface area (TPSA) is 18.5 Å². The lowest BCUT2D eigenvalue weighted by Crippen LogP contribution is -2.55. The summed E-state index contributed by atoms with van der Waals surface area (Å²) in [7, 11) is 0. The first-order chi connectivity index (χ1) is 10.4. The molecular weight excluding hydrogens is 258 g/mol. The van der Waals surface area contributed by atoms with Gasteiger partial charge in [0.05, 0.1) is 0 Å². The van der Waals surface area contributed by atoms with Crippen LogP contribution in [0.5, 0.6) is 0 Å². The smallest absolute Gasteiger partial charge is 0.0373 e. The second kappa shape index (κ2) is 5.98. The molecule has 1 atom stereocenters. The Morgan fingerprint density at radius 3 is 2.29 bits per heavy atom. The normalized spacial score (nSPS) is 28.3. The van der Waals surface area contributed by atoms with E-state index in [2.05, 4.69) is 39.4 Å². The Morgan fingerprint density at radius 2 is 1.52 bits per heavy atom. The van der Waals surface area contributed by atoms with Gasteiger partial charge in [-0.15, -0.1) is 0 Å². The van der Waals surface area contributed by atoms with Gasteiger partial charge in [0.1, 0.15) is 0 Å². The van der Waals surface area contributed by atoms with Crippen molar-refractivity contribution in [1.29, 1.82) is 0 Å². The molecule has 21 heavy (non-hydrogen) atoms. The van der Waals surface area contributed by atoms with Crippen molar-refractivity contribution < 1.29 is 0 Å². The molecule has 3 heteroatoms. The molecule has 2 fully saturated rings. The maximum atomic E-state index is 3.62. The Labute approximate surface area is 128 Å². The van der Waals surface area contributed by atoms with Crippen molar-refractivity contribution in [1.82, 2.24) is 9.80 Å². The maximum absolute atomic E-state index is 3.62. The zero-order valence-corrected chi connectivity index (χ0v) is 12.9. The van der Waals surface area contributed by atoms with Crippen LogP contribution >= 0.6 is 0 Å². The summed E-state index contributed by atoms with van der Waals surface area (Å²) >= 11 is 0. The van der Waals surface area contributed by atoms with E-state index in [1.807, 2.05) is 0 Å². The first-order valence-electron chi connectivity index (χ1n) is 8.70. The van der Waals surface area contributed by atoms with Crippen molar-refractivity contribution in [3.8, 4) is 0 Å². The Kier molecular flexibility index (Phi) is 3.87. The summed E-state index contributed by atoms with van der Waals surface area (Å²) in [6, 6.07) is 10.4. The number of rotatable bonds is 2. The Bertz CT molecular complexity index is 473.